The van der Waals surface area contributed by atoms with Crippen molar-refractivity contribution in [3.63, 3.8) is 0 Å². The van der Waals surface area contributed by atoms with Crippen LogP contribution < -0.4 is 0 Å². The van der Waals surface area contributed by atoms with Gasteiger partial charge in [-0.05, 0) is 46.5 Å². The van der Waals surface area contributed by atoms with Crippen LogP contribution in [-0.4, -0.2) is 34.6 Å². The molecule has 0 aliphatic heterocycles. The minimum atomic E-state index is -0.335. The molecule has 0 aromatic heterocycles. The summed E-state index contributed by atoms with van der Waals surface area (Å²) in [4.78, 5) is 24.0. The topological polar surface area (TPSA) is 52.6 Å². The molecule has 3 atom stereocenters. The third kappa shape index (κ3) is 11.5. The molecule has 0 aromatic rings. The first-order valence-corrected chi connectivity index (χ1v) is 10.4. The van der Waals surface area contributed by atoms with E-state index in [2.05, 4.69) is 12.7 Å². The third-order valence-electron chi connectivity index (χ3n) is 3.73. The van der Waals surface area contributed by atoms with Crippen molar-refractivity contribution in [3.8, 4) is 0 Å². The monoisotopic (exact) mass is 400 g/mol. The lowest BCUT2D eigenvalue weighted by Crippen LogP contribution is -2.24. The quantitative estimate of drug-likeness (QED) is 0.243. The summed E-state index contributed by atoms with van der Waals surface area (Å²) >= 11 is 6.76. The molecule has 0 aromatic carbocycles. The molecule has 26 heavy (non-hydrogen) atoms. The minimum Gasteiger partial charge on any atom is -0.466 e. The van der Waals surface area contributed by atoms with E-state index < -0.39 is 0 Å². The van der Waals surface area contributed by atoms with Gasteiger partial charge in [0.1, 0.15) is 0 Å². The standard InChI is InChI=1S/C20H32O4S2/c1-6-18(26-16(5)25)13-11-9-10-12-17(20(22)24-8-3)14-15(4)19(21)23-7-2/h6,9-10,15,17-18H,1,7-8,11-14H2,2-5H3/b10-9+. The first kappa shape index (κ1) is 24.9. The second-order valence-corrected chi connectivity index (χ2v) is 8.33. The summed E-state index contributed by atoms with van der Waals surface area (Å²) in [6.07, 6.45) is 8.79. The first-order chi connectivity index (χ1) is 12.3. The van der Waals surface area contributed by atoms with Crippen LogP contribution in [0.3, 0.4) is 0 Å². The Bertz CT molecular complexity index is 488. The summed E-state index contributed by atoms with van der Waals surface area (Å²) in [5, 5.41) is 0.307. The van der Waals surface area contributed by atoms with E-state index >= 15 is 0 Å². The van der Waals surface area contributed by atoms with Gasteiger partial charge in [-0.15, -0.1) is 18.3 Å². The van der Waals surface area contributed by atoms with Crippen LogP contribution in [0.2, 0.25) is 0 Å². The maximum atomic E-state index is 12.2. The average molecular weight is 401 g/mol. The molecule has 0 aliphatic rings. The van der Waals surface area contributed by atoms with Crippen LogP contribution in [0, 0.1) is 11.8 Å². The molecule has 0 rings (SSSR count). The zero-order valence-electron chi connectivity index (χ0n) is 16.4. The number of esters is 2. The van der Waals surface area contributed by atoms with Crippen LogP contribution in [0.15, 0.2) is 24.8 Å². The number of thiocarbonyl (C=S) groups is 1. The molecule has 0 bridgehead atoms. The Morgan fingerprint density at radius 2 is 1.77 bits per heavy atom. The molecule has 0 amide bonds. The van der Waals surface area contributed by atoms with Crippen molar-refractivity contribution < 1.29 is 19.1 Å². The van der Waals surface area contributed by atoms with E-state index in [-0.39, 0.29) is 23.8 Å². The van der Waals surface area contributed by atoms with Crippen molar-refractivity contribution in [2.24, 2.45) is 11.8 Å². The van der Waals surface area contributed by atoms with Gasteiger partial charge in [0.15, 0.2) is 0 Å². The summed E-state index contributed by atoms with van der Waals surface area (Å²) < 4.78 is 11.1. The molecule has 0 saturated carbocycles. The number of allylic oxidation sites excluding steroid dienone is 2. The van der Waals surface area contributed by atoms with Gasteiger partial charge in [-0.3, -0.25) is 9.59 Å². The highest BCUT2D eigenvalue weighted by atomic mass is 32.2. The van der Waals surface area contributed by atoms with Crippen LogP contribution in [-0.2, 0) is 19.1 Å². The molecule has 0 heterocycles. The highest BCUT2D eigenvalue weighted by Gasteiger charge is 2.25. The molecule has 148 valence electrons. The number of rotatable bonds is 13. The summed E-state index contributed by atoms with van der Waals surface area (Å²) in [6, 6.07) is 0. The van der Waals surface area contributed by atoms with E-state index in [1.807, 2.05) is 19.1 Å². The maximum absolute atomic E-state index is 12.2. The number of ether oxygens (including phenoxy) is 2. The van der Waals surface area contributed by atoms with Gasteiger partial charge in [0.25, 0.3) is 0 Å². The summed E-state index contributed by atoms with van der Waals surface area (Å²) in [7, 11) is 0. The lowest BCUT2D eigenvalue weighted by molar-refractivity contribution is -0.151. The highest BCUT2D eigenvalue weighted by Crippen LogP contribution is 2.21. The Kier molecular flexibility index (Phi) is 14.3. The number of hydrogen-bond donors (Lipinski definition) is 0. The molecular weight excluding hydrogens is 368 g/mol. The molecule has 3 unspecified atom stereocenters. The average Bonchev–Trinajstić information content (AvgIpc) is 2.59. The summed E-state index contributed by atoms with van der Waals surface area (Å²) in [6.45, 7) is 11.8. The Hall–Kier alpha value is -1.14. The fourth-order valence-electron chi connectivity index (χ4n) is 2.43. The van der Waals surface area contributed by atoms with E-state index in [1.165, 1.54) is 0 Å². The predicted molar refractivity (Wildman–Crippen MR) is 113 cm³/mol. The molecule has 0 fully saturated rings. The van der Waals surface area contributed by atoms with Crippen LogP contribution in [0.5, 0.6) is 0 Å². The van der Waals surface area contributed by atoms with Gasteiger partial charge in [-0.2, -0.15) is 0 Å². The van der Waals surface area contributed by atoms with Crippen molar-refractivity contribution in [1.29, 1.82) is 0 Å². The zero-order valence-corrected chi connectivity index (χ0v) is 18.0. The Morgan fingerprint density at radius 1 is 1.15 bits per heavy atom. The largest absolute Gasteiger partial charge is 0.466 e. The predicted octanol–water partition coefficient (Wildman–Crippen LogP) is 5.12. The van der Waals surface area contributed by atoms with E-state index in [1.54, 1.807) is 32.5 Å². The van der Waals surface area contributed by atoms with Gasteiger partial charge >= 0.3 is 11.9 Å². The molecular formula is C20H32O4S2. The van der Waals surface area contributed by atoms with Crippen molar-refractivity contribution in [2.45, 2.75) is 58.6 Å². The van der Waals surface area contributed by atoms with Gasteiger partial charge in [-0.1, -0.05) is 37.4 Å². The lowest BCUT2D eigenvalue weighted by Gasteiger charge is -2.17. The Labute approximate surface area is 167 Å². The van der Waals surface area contributed by atoms with Crippen LogP contribution in [0.4, 0.5) is 0 Å². The Balaban J connectivity index is 4.58. The van der Waals surface area contributed by atoms with E-state index in [0.717, 1.165) is 17.0 Å². The zero-order chi connectivity index (χ0) is 19.9. The second-order valence-electron chi connectivity index (χ2n) is 6.01. The summed E-state index contributed by atoms with van der Waals surface area (Å²) in [5.41, 5.74) is 0. The van der Waals surface area contributed by atoms with Gasteiger partial charge in [0, 0.05) is 9.45 Å². The number of carbonyl (C=O) groups is 2. The van der Waals surface area contributed by atoms with Crippen LogP contribution in [0.25, 0.3) is 0 Å². The lowest BCUT2D eigenvalue weighted by atomic mass is 9.92. The van der Waals surface area contributed by atoms with Crippen molar-refractivity contribution in [3.05, 3.63) is 24.8 Å². The minimum absolute atomic E-state index is 0.260. The van der Waals surface area contributed by atoms with Gasteiger partial charge < -0.3 is 9.47 Å². The Morgan fingerprint density at radius 3 is 2.31 bits per heavy atom. The number of carbonyl (C=O) groups excluding carboxylic acids is 2. The van der Waals surface area contributed by atoms with E-state index in [4.69, 9.17) is 21.7 Å². The van der Waals surface area contributed by atoms with E-state index in [0.29, 0.717) is 31.3 Å². The summed E-state index contributed by atoms with van der Waals surface area (Å²) in [5.74, 6) is -1.19. The normalized spacial score (nSPS) is 14.5. The number of hydrogen-bond acceptors (Lipinski definition) is 6. The van der Waals surface area contributed by atoms with Gasteiger partial charge in [-0.25, -0.2) is 0 Å². The molecule has 0 spiro atoms. The van der Waals surface area contributed by atoms with E-state index in [9.17, 15) is 9.59 Å². The fraction of sp³-hybridized carbons (Fsp3) is 0.650. The second kappa shape index (κ2) is 15.0. The van der Waals surface area contributed by atoms with Crippen LogP contribution in [0.1, 0.15) is 53.4 Å². The highest BCUT2D eigenvalue weighted by molar-refractivity contribution is 8.23. The maximum Gasteiger partial charge on any atom is 0.309 e. The molecule has 0 radical (unpaired) electrons. The van der Waals surface area contributed by atoms with Gasteiger partial charge in [0.2, 0.25) is 0 Å². The smallest absolute Gasteiger partial charge is 0.309 e. The molecule has 0 aliphatic carbocycles. The third-order valence-corrected chi connectivity index (χ3v) is 5.08. The molecule has 0 saturated heterocycles. The first-order valence-electron chi connectivity index (χ1n) is 9.13. The SMILES string of the molecule is C=CC(CC/C=C/CC(CC(C)C(=O)OCC)C(=O)OCC)SC(C)=S. The van der Waals surface area contributed by atoms with Gasteiger partial charge in [0.05, 0.1) is 25.0 Å². The van der Waals surface area contributed by atoms with Crippen LogP contribution >= 0.6 is 24.0 Å². The van der Waals surface area contributed by atoms with Crippen molar-refractivity contribution >= 4 is 40.1 Å². The molecule has 4 nitrogen and oxygen atoms in total. The number of thioether (sulfide) groups is 1. The van der Waals surface area contributed by atoms with Crippen molar-refractivity contribution in [1.82, 2.24) is 0 Å². The van der Waals surface area contributed by atoms with Crippen molar-refractivity contribution in [2.75, 3.05) is 13.2 Å². The molecule has 6 heteroatoms. The fourth-order valence-corrected chi connectivity index (χ4v) is 3.58. The molecule has 0 N–H and O–H groups in total.